The minimum absolute atomic E-state index is 0.229. The third-order valence-electron chi connectivity index (χ3n) is 2.88. The molecule has 0 aliphatic heterocycles. The van der Waals surface area contributed by atoms with Crippen molar-refractivity contribution in [3.63, 3.8) is 0 Å². The Bertz CT molecular complexity index is 580. The summed E-state index contributed by atoms with van der Waals surface area (Å²) in [5.41, 5.74) is 6.88. The predicted octanol–water partition coefficient (Wildman–Crippen LogP) is 1.16. The fourth-order valence-electron chi connectivity index (χ4n) is 1.93. The maximum atomic E-state index is 11.6. The molecule has 0 amide bonds. The van der Waals surface area contributed by atoms with Crippen LogP contribution in [-0.2, 0) is 9.53 Å². The Hall–Kier alpha value is -1.98. The monoisotopic (exact) mass is 260 g/mol. The van der Waals surface area contributed by atoms with Gasteiger partial charge in [-0.25, -0.2) is 0 Å². The number of hydrogen-bond donors (Lipinski definition) is 2. The molecule has 2 unspecified atom stereocenters. The van der Waals surface area contributed by atoms with Crippen LogP contribution in [0.1, 0.15) is 18.6 Å². The van der Waals surface area contributed by atoms with Crippen molar-refractivity contribution in [1.82, 2.24) is 4.98 Å². The predicted molar refractivity (Wildman–Crippen MR) is 71.3 cm³/mol. The van der Waals surface area contributed by atoms with E-state index in [9.17, 15) is 9.90 Å². The molecular formula is C14H16N2O3. The average molecular weight is 260 g/mol. The molecule has 5 nitrogen and oxygen atoms in total. The highest BCUT2D eigenvalue weighted by Crippen LogP contribution is 2.24. The minimum Gasteiger partial charge on any atom is -0.465 e. The van der Waals surface area contributed by atoms with Crippen LogP contribution in [0.25, 0.3) is 10.9 Å². The number of nitrogens with two attached hydrogens (primary N) is 1. The summed E-state index contributed by atoms with van der Waals surface area (Å²) in [7, 11) is 0. The molecule has 1 heterocycles. The number of para-hydroxylation sites is 1. The fourth-order valence-corrected chi connectivity index (χ4v) is 1.93. The molecule has 2 rings (SSSR count). The number of carbonyl (C=O) groups is 1. The third kappa shape index (κ3) is 2.72. The Kier molecular flexibility index (Phi) is 4.09. The maximum Gasteiger partial charge on any atom is 0.325 e. The first-order valence-electron chi connectivity index (χ1n) is 6.09. The molecule has 2 atom stereocenters. The van der Waals surface area contributed by atoms with E-state index in [1.165, 1.54) is 0 Å². The molecule has 0 bridgehead atoms. The normalized spacial score (nSPS) is 14.1. The lowest BCUT2D eigenvalue weighted by Gasteiger charge is -2.18. The first-order chi connectivity index (χ1) is 9.15. The zero-order chi connectivity index (χ0) is 13.8. The molecule has 3 N–H and O–H groups in total. The molecule has 0 saturated heterocycles. The second-order valence-corrected chi connectivity index (χ2v) is 4.15. The SMILES string of the molecule is CCOC(=O)C(N)C(O)c1cccc2cccnc12. The van der Waals surface area contributed by atoms with Gasteiger partial charge in [-0.05, 0) is 13.0 Å². The van der Waals surface area contributed by atoms with E-state index in [2.05, 4.69) is 4.98 Å². The standard InChI is InChI=1S/C14H16N2O3/c1-2-19-14(18)11(15)13(17)10-7-3-5-9-6-4-8-16-12(9)10/h3-8,11,13,17H,2,15H2,1H3. The summed E-state index contributed by atoms with van der Waals surface area (Å²) in [4.78, 5) is 15.8. The Labute approximate surface area is 111 Å². The average Bonchev–Trinajstić information content (AvgIpc) is 2.45. The highest BCUT2D eigenvalue weighted by Gasteiger charge is 2.26. The van der Waals surface area contributed by atoms with Gasteiger partial charge >= 0.3 is 5.97 Å². The lowest BCUT2D eigenvalue weighted by molar-refractivity contribution is -0.147. The molecule has 0 aliphatic rings. The number of nitrogens with zero attached hydrogens (tertiary/aromatic N) is 1. The number of rotatable bonds is 4. The highest BCUT2D eigenvalue weighted by atomic mass is 16.5. The lowest BCUT2D eigenvalue weighted by atomic mass is 10.00. The zero-order valence-corrected chi connectivity index (χ0v) is 10.6. The topological polar surface area (TPSA) is 85.4 Å². The molecular weight excluding hydrogens is 244 g/mol. The van der Waals surface area contributed by atoms with Gasteiger partial charge in [-0.2, -0.15) is 0 Å². The van der Waals surface area contributed by atoms with E-state index in [1.807, 2.05) is 18.2 Å². The maximum absolute atomic E-state index is 11.6. The number of ether oxygens (including phenoxy) is 1. The van der Waals surface area contributed by atoms with Crippen molar-refractivity contribution in [3.8, 4) is 0 Å². The minimum atomic E-state index is -1.14. The van der Waals surface area contributed by atoms with E-state index >= 15 is 0 Å². The van der Waals surface area contributed by atoms with Crippen molar-refractivity contribution in [3.05, 3.63) is 42.1 Å². The second-order valence-electron chi connectivity index (χ2n) is 4.15. The van der Waals surface area contributed by atoms with Gasteiger partial charge in [0.2, 0.25) is 0 Å². The summed E-state index contributed by atoms with van der Waals surface area (Å²) < 4.78 is 4.81. The molecule has 100 valence electrons. The number of pyridine rings is 1. The van der Waals surface area contributed by atoms with Gasteiger partial charge < -0.3 is 15.6 Å². The summed E-state index contributed by atoms with van der Waals surface area (Å²) in [6, 6.07) is 7.96. The van der Waals surface area contributed by atoms with Gasteiger partial charge in [0, 0.05) is 17.1 Å². The second kappa shape index (κ2) is 5.77. The van der Waals surface area contributed by atoms with Gasteiger partial charge in [0.05, 0.1) is 12.1 Å². The van der Waals surface area contributed by atoms with Crippen LogP contribution >= 0.6 is 0 Å². The van der Waals surface area contributed by atoms with Crippen LogP contribution in [0.15, 0.2) is 36.5 Å². The number of fused-ring (bicyclic) bond motifs is 1. The number of aromatic nitrogens is 1. The van der Waals surface area contributed by atoms with E-state index in [1.54, 1.807) is 25.3 Å². The van der Waals surface area contributed by atoms with Crippen LogP contribution in [0.3, 0.4) is 0 Å². The molecule has 0 fully saturated rings. The van der Waals surface area contributed by atoms with E-state index in [0.717, 1.165) is 5.39 Å². The van der Waals surface area contributed by atoms with Crippen molar-refractivity contribution < 1.29 is 14.6 Å². The Morgan fingerprint density at radius 2 is 2.16 bits per heavy atom. The van der Waals surface area contributed by atoms with Crippen LogP contribution in [0, 0.1) is 0 Å². The lowest BCUT2D eigenvalue weighted by Crippen LogP contribution is -2.38. The number of aliphatic hydroxyl groups is 1. The Balaban J connectivity index is 2.36. The van der Waals surface area contributed by atoms with E-state index in [4.69, 9.17) is 10.5 Å². The number of esters is 1. The van der Waals surface area contributed by atoms with Crippen molar-refractivity contribution in [2.45, 2.75) is 19.1 Å². The van der Waals surface area contributed by atoms with Gasteiger partial charge in [0.25, 0.3) is 0 Å². The van der Waals surface area contributed by atoms with E-state index < -0.39 is 18.1 Å². The fraction of sp³-hybridized carbons (Fsp3) is 0.286. The van der Waals surface area contributed by atoms with Gasteiger partial charge in [0.1, 0.15) is 12.1 Å². The summed E-state index contributed by atoms with van der Waals surface area (Å²) in [6.45, 7) is 1.92. The Morgan fingerprint density at radius 3 is 2.89 bits per heavy atom. The number of hydrogen-bond acceptors (Lipinski definition) is 5. The van der Waals surface area contributed by atoms with Crippen LogP contribution in [0.5, 0.6) is 0 Å². The van der Waals surface area contributed by atoms with Crippen LogP contribution in [-0.4, -0.2) is 28.7 Å². The molecule has 0 aliphatic carbocycles. The number of benzene rings is 1. The van der Waals surface area contributed by atoms with Crippen LogP contribution in [0.4, 0.5) is 0 Å². The van der Waals surface area contributed by atoms with Crippen molar-refractivity contribution in [1.29, 1.82) is 0 Å². The molecule has 2 aromatic rings. The van der Waals surface area contributed by atoms with Gasteiger partial charge in [-0.1, -0.05) is 24.3 Å². The molecule has 0 spiro atoms. The first-order valence-corrected chi connectivity index (χ1v) is 6.09. The molecule has 0 radical (unpaired) electrons. The zero-order valence-electron chi connectivity index (χ0n) is 10.6. The van der Waals surface area contributed by atoms with Gasteiger partial charge in [-0.3, -0.25) is 9.78 Å². The largest absolute Gasteiger partial charge is 0.465 e. The summed E-state index contributed by atoms with van der Waals surface area (Å²) in [5.74, 6) is -0.622. The Morgan fingerprint density at radius 1 is 1.42 bits per heavy atom. The third-order valence-corrected chi connectivity index (χ3v) is 2.88. The quantitative estimate of drug-likeness (QED) is 0.806. The van der Waals surface area contributed by atoms with Crippen molar-refractivity contribution in [2.75, 3.05) is 6.61 Å². The number of carbonyl (C=O) groups excluding carboxylic acids is 1. The van der Waals surface area contributed by atoms with Crippen LogP contribution in [0.2, 0.25) is 0 Å². The molecule has 0 saturated carbocycles. The highest BCUT2D eigenvalue weighted by molar-refractivity contribution is 5.83. The van der Waals surface area contributed by atoms with Gasteiger partial charge in [-0.15, -0.1) is 0 Å². The smallest absolute Gasteiger partial charge is 0.325 e. The molecule has 19 heavy (non-hydrogen) atoms. The summed E-state index contributed by atoms with van der Waals surface area (Å²) >= 11 is 0. The van der Waals surface area contributed by atoms with Gasteiger partial charge in [0.15, 0.2) is 0 Å². The number of aliphatic hydroxyl groups excluding tert-OH is 1. The van der Waals surface area contributed by atoms with E-state index in [-0.39, 0.29) is 6.61 Å². The molecule has 5 heteroatoms. The summed E-state index contributed by atoms with van der Waals surface area (Å²) in [6.07, 6.45) is 0.492. The molecule has 1 aromatic carbocycles. The first kappa shape index (κ1) is 13.5. The molecule has 1 aromatic heterocycles. The van der Waals surface area contributed by atoms with Crippen molar-refractivity contribution in [2.24, 2.45) is 5.73 Å². The van der Waals surface area contributed by atoms with Crippen LogP contribution < -0.4 is 5.73 Å². The van der Waals surface area contributed by atoms with Crippen molar-refractivity contribution >= 4 is 16.9 Å². The summed E-state index contributed by atoms with van der Waals surface area (Å²) in [5, 5.41) is 11.1. The van der Waals surface area contributed by atoms with E-state index in [0.29, 0.717) is 11.1 Å².